The van der Waals surface area contributed by atoms with Gasteiger partial charge in [-0.2, -0.15) is 16.9 Å². The van der Waals surface area contributed by atoms with Crippen molar-refractivity contribution in [3.05, 3.63) is 29.3 Å². The molecule has 2 aromatic heterocycles. The SMILES string of the molecule is CCCSCCCN1C(=O)c2cc(-c3cccs3)nn2C[C@@]1(C)C(=O)NC1CCCCC1. The molecule has 3 heterocycles. The fraction of sp³-hybridized carbons (Fsp3) is 0.625. The van der Waals surface area contributed by atoms with Gasteiger partial charge in [-0.1, -0.05) is 32.3 Å². The van der Waals surface area contributed by atoms with Crippen molar-refractivity contribution in [2.45, 2.75) is 76.9 Å². The number of aromatic nitrogens is 2. The Balaban J connectivity index is 1.57. The molecule has 1 saturated carbocycles. The van der Waals surface area contributed by atoms with Gasteiger partial charge in [0.2, 0.25) is 5.91 Å². The van der Waals surface area contributed by atoms with Gasteiger partial charge in [0.15, 0.2) is 0 Å². The zero-order valence-corrected chi connectivity index (χ0v) is 20.8. The minimum Gasteiger partial charge on any atom is -0.351 e. The van der Waals surface area contributed by atoms with Crippen molar-refractivity contribution in [2.75, 3.05) is 18.1 Å². The van der Waals surface area contributed by atoms with E-state index in [9.17, 15) is 9.59 Å². The average molecular weight is 475 g/mol. The molecule has 1 atom stereocenters. The van der Waals surface area contributed by atoms with Crippen LogP contribution in [0.25, 0.3) is 10.6 Å². The van der Waals surface area contributed by atoms with Crippen LogP contribution in [0.4, 0.5) is 0 Å². The summed E-state index contributed by atoms with van der Waals surface area (Å²) in [4.78, 5) is 30.0. The van der Waals surface area contributed by atoms with E-state index in [1.807, 2.05) is 47.2 Å². The van der Waals surface area contributed by atoms with Gasteiger partial charge >= 0.3 is 0 Å². The van der Waals surface area contributed by atoms with Crippen molar-refractivity contribution in [3.8, 4) is 10.6 Å². The first kappa shape index (κ1) is 23.4. The first-order chi connectivity index (χ1) is 15.5. The van der Waals surface area contributed by atoms with Gasteiger partial charge in [-0.15, -0.1) is 11.3 Å². The van der Waals surface area contributed by atoms with Crippen molar-refractivity contribution in [2.24, 2.45) is 0 Å². The molecule has 0 radical (unpaired) electrons. The Labute approximate surface area is 199 Å². The van der Waals surface area contributed by atoms with Gasteiger partial charge in [-0.05, 0) is 61.6 Å². The van der Waals surface area contributed by atoms with Gasteiger partial charge in [0.1, 0.15) is 16.9 Å². The monoisotopic (exact) mass is 474 g/mol. The van der Waals surface area contributed by atoms with E-state index in [1.165, 1.54) is 6.42 Å². The van der Waals surface area contributed by atoms with Crippen LogP contribution in [-0.4, -0.2) is 56.1 Å². The topological polar surface area (TPSA) is 67.2 Å². The molecule has 2 amide bonds. The van der Waals surface area contributed by atoms with Crippen molar-refractivity contribution in [3.63, 3.8) is 0 Å². The number of hydrogen-bond donors (Lipinski definition) is 1. The molecular weight excluding hydrogens is 440 g/mol. The van der Waals surface area contributed by atoms with Crippen molar-refractivity contribution < 1.29 is 9.59 Å². The van der Waals surface area contributed by atoms with Crippen LogP contribution in [0.5, 0.6) is 0 Å². The molecule has 1 N–H and O–H groups in total. The van der Waals surface area contributed by atoms with E-state index < -0.39 is 5.54 Å². The van der Waals surface area contributed by atoms with Crippen LogP contribution in [-0.2, 0) is 11.3 Å². The minimum atomic E-state index is -0.935. The number of carbonyl (C=O) groups is 2. The second-order valence-corrected chi connectivity index (χ2v) is 11.2. The Morgan fingerprint density at radius 1 is 1.31 bits per heavy atom. The molecule has 1 aliphatic carbocycles. The zero-order chi connectivity index (χ0) is 22.6. The number of nitrogens with one attached hydrogen (secondary N) is 1. The minimum absolute atomic E-state index is 0.0437. The number of fused-ring (bicyclic) bond motifs is 1. The van der Waals surface area contributed by atoms with E-state index in [4.69, 9.17) is 5.10 Å². The predicted molar refractivity (Wildman–Crippen MR) is 132 cm³/mol. The number of rotatable bonds is 9. The first-order valence-electron chi connectivity index (χ1n) is 11.9. The molecular formula is C24H34N4O2S2. The fourth-order valence-electron chi connectivity index (χ4n) is 4.70. The quantitative estimate of drug-likeness (QED) is 0.530. The van der Waals surface area contributed by atoms with Crippen LogP contribution in [0.2, 0.25) is 0 Å². The Hall–Kier alpha value is -1.80. The van der Waals surface area contributed by atoms with Gasteiger partial charge < -0.3 is 10.2 Å². The lowest BCUT2D eigenvalue weighted by Crippen LogP contribution is -2.65. The fourth-order valence-corrected chi connectivity index (χ4v) is 6.20. The smallest absolute Gasteiger partial charge is 0.273 e. The molecule has 0 aromatic carbocycles. The molecule has 0 bridgehead atoms. The molecule has 0 saturated heterocycles. The maximum absolute atomic E-state index is 13.6. The highest BCUT2D eigenvalue weighted by Gasteiger charge is 2.48. The van der Waals surface area contributed by atoms with E-state index >= 15 is 0 Å². The molecule has 6 nitrogen and oxygen atoms in total. The van der Waals surface area contributed by atoms with Crippen LogP contribution in [0.1, 0.15) is 69.3 Å². The van der Waals surface area contributed by atoms with E-state index in [2.05, 4.69) is 12.2 Å². The Morgan fingerprint density at radius 2 is 2.12 bits per heavy atom. The predicted octanol–water partition coefficient (Wildman–Crippen LogP) is 4.81. The lowest BCUT2D eigenvalue weighted by Gasteiger charge is -2.44. The number of nitrogens with zero attached hydrogens (tertiary/aromatic N) is 3. The summed E-state index contributed by atoms with van der Waals surface area (Å²) in [6, 6.07) is 6.10. The average Bonchev–Trinajstić information content (AvgIpc) is 3.46. The van der Waals surface area contributed by atoms with Crippen LogP contribution in [0.15, 0.2) is 23.6 Å². The van der Waals surface area contributed by atoms with Gasteiger partial charge in [0.05, 0.1) is 11.4 Å². The molecule has 1 fully saturated rings. The van der Waals surface area contributed by atoms with Gasteiger partial charge in [-0.3, -0.25) is 14.3 Å². The third-order valence-corrected chi connectivity index (χ3v) is 8.69. The van der Waals surface area contributed by atoms with E-state index in [1.54, 1.807) is 16.0 Å². The summed E-state index contributed by atoms with van der Waals surface area (Å²) in [7, 11) is 0. The molecule has 1 aliphatic heterocycles. The van der Waals surface area contributed by atoms with Crippen LogP contribution >= 0.6 is 23.1 Å². The molecule has 2 aromatic rings. The van der Waals surface area contributed by atoms with Gasteiger partial charge in [0.25, 0.3) is 5.91 Å². The van der Waals surface area contributed by atoms with E-state index in [0.29, 0.717) is 18.8 Å². The summed E-state index contributed by atoms with van der Waals surface area (Å²) >= 11 is 3.52. The Kier molecular flexibility index (Phi) is 7.61. The van der Waals surface area contributed by atoms with Crippen molar-refractivity contribution in [1.29, 1.82) is 0 Å². The largest absolute Gasteiger partial charge is 0.351 e. The Bertz CT molecular complexity index is 921. The molecule has 0 spiro atoms. The maximum atomic E-state index is 13.6. The highest BCUT2D eigenvalue weighted by molar-refractivity contribution is 7.99. The lowest BCUT2D eigenvalue weighted by molar-refractivity contribution is -0.134. The summed E-state index contributed by atoms with van der Waals surface area (Å²) in [5, 5.41) is 10.0. The normalized spacial score (nSPS) is 21.6. The first-order valence-corrected chi connectivity index (χ1v) is 13.9. The van der Waals surface area contributed by atoms with Gasteiger partial charge in [0, 0.05) is 12.6 Å². The number of thiophene rings is 1. The van der Waals surface area contributed by atoms with Crippen LogP contribution in [0, 0.1) is 0 Å². The van der Waals surface area contributed by atoms with E-state index in [0.717, 1.165) is 60.6 Å². The van der Waals surface area contributed by atoms with Crippen molar-refractivity contribution in [1.82, 2.24) is 20.0 Å². The summed E-state index contributed by atoms with van der Waals surface area (Å²) in [6.07, 6.45) is 7.65. The summed E-state index contributed by atoms with van der Waals surface area (Å²) in [5.41, 5.74) is 0.451. The number of amides is 2. The van der Waals surface area contributed by atoms with E-state index in [-0.39, 0.29) is 17.9 Å². The number of carbonyl (C=O) groups excluding carboxylic acids is 2. The summed E-state index contributed by atoms with van der Waals surface area (Å²) in [5.74, 6) is 1.99. The standard InChI is InChI=1S/C24H34N4O2S2/c1-3-13-31-14-8-12-27-22(29)20-16-19(21-11-7-15-32-21)26-28(20)17-24(27,2)23(30)25-18-9-5-4-6-10-18/h7,11,15-16,18H,3-6,8-10,12-14,17H2,1-2H3,(H,25,30)/t24-/m0/s1. The Morgan fingerprint density at radius 3 is 2.84 bits per heavy atom. The highest BCUT2D eigenvalue weighted by Crippen LogP contribution is 2.32. The molecule has 32 heavy (non-hydrogen) atoms. The molecule has 2 aliphatic rings. The molecule has 8 heteroatoms. The molecule has 0 unspecified atom stereocenters. The zero-order valence-electron chi connectivity index (χ0n) is 19.1. The lowest BCUT2D eigenvalue weighted by atomic mass is 9.91. The number of hydrogen-bond acceptors (Lipinski definition) is 5. The summed E-state index contributed by atoms with van der Waals surface area (Å²) < 4.78 is 1.75. The maximum Gasteiger partial charge on any atom is 0.273 e. The molecule has 174 valence electrons. The van der Waals surface area contributed by atoms with Gasteiger partial charge in [-0.25, -0.2) is 0 Å². The second-order valence-electron chi connectivity index (χ2n) is 9.05. The highest BCUT2D eigenvalue weighted by atomic mass is 32.2. The van der Waals surface area contributed by atoms with Crippen molar-refractivity contribution >= 4 is 34.9 Å². The third kappa shape index (κ3) is 4.91. The number of thioether (sulfide) groups is 1. The second kappa shape index (κ2) is 10.4. The molecule has 4 rings (SSSR count). The third-order valence-electron chi connectivity index (χ3n) is 6.52. The summed E-state index contributed by atoms with van der Waals surface area (Å²) in [6.45, 7) is 5.07. The van der Waals surface area contributed by atoms with Crippen LogP contribution < -0.4 is 5.32 Å². The van der Waals surface area contributed by atoms with Crippen LogP contribution in [0.3, 0.4) is 0 Å².